The van der Waals surface area contributed by atoms with E-state index < -0.39 is 5.67 Å². The van der Waals surface area contributed by atoms with Gasteiger partial charge >= 0.3 is 6.03 Å². The van der Waals surface area contributed by atoms with Crippen LogP contribution in [0.25, 0.3) is 11.0 Å². The van der Waals surface area contributed by atoms with Crippen molar-refractivity contribution in [2.24, 2.45) is 0 Å². The monoisotopic (exact) mass is 468 g/mol. The van der Waals surface area contributed by atoms with Gasteiger partial charge in [0.1, 0.15) is 11.3 Å². The minimum absolute atomic E-state index is 0.231. The van der Waals surface area contributed by atoms with Crippen molar-refractivity contribution < 1.29 is 14.0 Å². The van der Waals surface area contributed by atoms with Crippen molar-refractivity contribution in [3.8, 4) is 0 Å². The van der Waals surface area contributed by atoms with Crippen LogP contribution >= 0.6 is 0 Å². The van der Waals surface area contributed by atoms with Gasteiger partial charge in [-0.05, 0) is 69.2 Å². The molecule has 2 aromatic rings. The van der Waals surface area contributed by atoms with E-state index >= 15 is 4.39 Å². The number of nitrogens with zero attached hydrogens (tertiary/aromatic N) is 4. The molecule has 9 heteroatoms. The maximum absolute atomic E-state index is 15.2. The highest BCUT2D eigenvalue weighted by Crippen LogP contribution is 2.45. The predicted octanol–water partition coefficient (Wildman–Crippen LogP) is 3.09. The lowest BCUT2D eigenvalue weighted by Crippen LogP contribution is -2.49. The fraction of sp³-hybridized carbons (Fsp3) is 0.640. The second-order valence-electron chi connectivity index (χ2n) is 10.5. The Balaban J connectivity index is 1.21. The lowest BCUT2D eigenvalue weighted by atomic mass is 9.92. The van der Waals surface area contributed by atoms with E-state index in [9.17, 15) is 9.59 Å². The van der Waals surface area contributed by atoms with E-state index in [1.165, 1.54) is 18.4 Å². The van der Waals surface area contributed by atoms with E-state index in [0.717, 1.165) is 55.7 Å². The second-order valence-corrected chi connectivity index (χ2v) is 10.5. The van der Waals surface area contributed by atoms with Crippen LogP contribution in [0.15, 0.2) is 18.5 Å². The number of carbonyl (C=O) groups excluding carboxylic acids is 2. The number of imide groups is 1. The fourth-order valence-electron chi connectivity index (χ4n) is 5.89. The van der Waals surface area contributed by atoms with E-state index in [4.69, 9.17) is 4.98 Å². The number of pyridine rings is 1. The topological polar surface area (TPSA) is 82.5 Å². The van der Waals surface area contributed by atoms with E-state index in [2.05, 4.69) is 32.4 Å². The van der Waals surface area contributed by atoms with Gasteiger partial charge in [-0.2, -0.15) is 0 Å². The lowest BCUT2D eigenvalue weighted by Gasteiger charge is -2.39. The summed E-state index contributed by atoms with van der Waals surface area (Å²) in [5.41, 5.74) is 1.97. The Morgan fingerprint density at radius 2 is 1.85 bits per heavy atom. The summed E-state index contributed by atoms with van der Waals surface area (Å²) in [6.07, 6.45) is 9.90. The molecular formula is C25H33FN6O2. The number of anilines is 1. The average molecular weight is 469 g/mol. The summed E-state index contributed by atoms with van der Waals surface area (Å²) in [6, 6.07) is 2.04. The van der Waals surface area contributed by atoms with Crippen LogP contribution < -0.4 is 15.5 Å². The van der Waals surface area contributed by atoms with Gasteiger partial charge in [-0.3, -0.25) is 15.0 Å². The number of piperidine rings is 2. The number of rotatable bonds is 5. The molecule has 0 radical (unpaired) electrons. The van der Waals surface area contributed by atoms with Gasteiger partial charge in [-0.15, -0.1) is 0 Å². The standard InChI is InChI=1S/C25H33FN6O2/c26-25(6-8-27-9-7-25)16-30-10-3-18(4-11-30)32-15-21(17-1-2-17)20-13-19(14-28-23(20)32)31-12-5-22(33)29-24(31)34/h13-15,17-18,27H,1-12,16H2,(H,29,33,34). The number of alkyl halides is 1. The largest absolute Gasteiger partial charge is 0.329 e. The van der Waals surface area contributed by atoms with Crippen LogP contribution in [-0.2, 0) is 4.79 Å². The van der Waals surface area contributed by atoms with Gasteiger partial charge in [0.15, 0.2) is 0 Å². The molecule has 0 atom stereocenters. The zero-order chi connectivity index (χ0) is 23.3. The number of hydrogen-bond acceptors (Lipinski definition) is 5. The number of urea groups is 1. The molecule has 4 aliphatic rings. The number of hydrogen-bond donors (Lipinski definition) is 2. The fourth-order valence-corrected chi connectivity index (χ4v) is 5.89. The molecule has 0 unspecified atom stereocenters. The molecule has 3 amide bonds. The molecule has 2 aromatic heterocycles. The van der Waals surface area contributed by atoms with Crippen molar-refractivity contribution in [3.05, 3.63) is 24.0 Å². The Morgan fingerprint density at radius 1 is 1.09 bits per heavy atom. The molecule has 0 bridgehead atoms. The first-order valence-corrected chi connectivity index (χ1v) is 12.7. The molecule has 34 heavy (non-hydrogen) atoms. The number of aromatic nitrogens is 2. The van der Waals surface area contributed by atoms with Gasteiger partial charge in [-0.1, -0.05) is 0 Å². The van der Waals surface area contributed by atoms with Crippen LogP contribution in [0, 0.1) is 0 Å². The summed E-state index contributed by atoms with van der Waals surface area (Å²) in [6.45, 7) is 4.28. The molecule has 2 N–H and O–H groups in total. The molecule has 5 heterocycles. The molecule has 0 spiro atoms. The van der Waals surface area contributed by atoms with Gasteiger partial charge in [0.2, 0.25) is 5.91 Å². The summed E-state index contributed by atoms with van der Waals surface area (Å²) >= 11 is 0. The van der Waals surface area contributed by atoms with E-state index in [0.29, 0.717) is 44.3 Å². The predicted molar refractivity (Wildman–Crippen MR) is 128 cm³/mol. The summed E-state index contributed by atoms with van der Waals surface area (Å²) < 4.78 is 17.5. The van der Waals surface area contributed by atoms with Crippen molar-refractivity contribution >= 4 is 28.7 Å². The molecule has 4 fully saturated rings. The third-order valence-corrected chi connectivity index (χ3v) is 8.03. The molecule has 3 saturated heterocycles. The SMILES string of the molecule is O=C1CCN(c2cnc3c(c2)c(C2CC2)cn3C2CCN(CC3(F)CCNCC3)CC2)C(=O)N1. The summed E-state index contributed by atoms with van der Waals surface area (Å²) in [5, 5.41) is 6.77. The van der Waals surface area contributed by atoms with Gasteiger partial charge in [-0.25, -0.2) is 14.2 Å². The molecule has 0 aromatic carbocycles. The first kappa shape index (κ1) is 22.0. The molecular weight excluding hydrogens is 435 g/mol. The number of likely N-dealkylation sites (tertiary alicyclic amines) is 1. The Bertz CT molecular complexity index is 1100. The molecule has 1 aliphatic carbocycles. The first-order chi connectivity index (χ1) is 16.5. The van der Waals surface area contributed by atoms with Crippen LogP contribution in [0.3, 0.4) is 0 Å². The Kier molecular flexibility index (Phi) is 5.56. The Labute approximate surface area is 198 Å². The summed E-state index contributed by atoms with van der Waals surface area (Å²) in [7, 11) is 0. The normalized spacial score (nSPS) is 24.6. The maximum atomic E-state index is 15.2. The summed E-state index contributed by atoms with van der Waals surface area (Å²) in [4.78, 5) is 32.6. The molecule has 3 aliphatic heterocycles. The average Bonchev–Trinajstić information content (AvgIpc) is 3.60. The smallest absolute Gasteiger partial charge is 0.328 e. The van der Waals surface area contributed by atoms with Crippen LogP contribution in [0.5, 0.6) is 0 Å². The third kappa shape index (κ3) is 4.20. The van der Waals surface area contributed by atoms with Crippen molar-refractivity contribution in [2.75, 3.05) is 44.2 Å². The highest BCUT2D eigenvalue weighted by molar-refractivity contribution is 6.06. The molecule has 1 saturated carbocycles. The van der Waals surface area contributed by atoms with Crippen LogP contribution in [-0.4, -0.2) is 71.3 Å². The number of fused-ring (bicyclic) bond motifs is 1. The van der Waals surface area contributed by atoms with E-state index in [-0.39, 0.29) is 11.9 Å². The first-order valence-electron chi connectivity index (χ1n) is 12.7. The maximum Gasteiger partial charge on any atom is 0.328 e. The minimum Gasteiger partial charge on any atom is -0.329 e. The van der Waals surface area contributed by atoms with E-state index in [1.54, 1.807) is 11.1 Å². The second kappa shape index (κ2) is 8.61. The zero-order valence-electron chi connectivity index (χ0n) is 19.6. The zero-order valence-corrected chi connectivity index (χ0v) is 19.6. The van der Waals surface area contributed by atoms with Crippen molar-refractivity contribution in [1.82, 2.24) is 25.1 Å². The van der Waals surface area contributed by atoms with Gasteiger partial charge < -0.3 is 14.8 Å². The molecule has 6 rings (SSSR count). The lowest BCUT2D eigenvalue weighted by molar-refractivity contribution is -0.120. The Hall–Kier alpha value is -2.52. The van der Waals surface area contributed by atoms with Crippen LogP contribution in [0.1, 0.15) is 62.5 Å². The molecule has 182 valence electrons. The van der Waals surface area contributed by atoms with E-state index in [1.807, 2.05) is 0 Å². The van der Waals surface area contributed by atoms with Gasteiger partial charge in [0.25, 0.3) is 0 Å². The van der Waals surface area contributed by atoms with Crippen molar-refractivity contribution in [3.63, 3.8) is 0 Å². The minimum atomic E-state index is -1.05. The van der Waals surface area contributed by atoms with Gasteiger partial charge in [0.05, 0.1) is 11.9 Å². The highest BCUT2D eigenvalue weighted by Gasteiger charge is 2.36. The quantitative estimate of drug-likeness (QED) is 0.705. The third-order valence-electron chi connectivity index (χ3n) is 8.03. The number of carbonyl (C=O) groups is 2. The Morgan fingerprint density at radius 3 is 2.56 bits per heavy atom. The number of nitrogens with one attached hydrogen (secondary N) is 2. The van der Waals surface area contributed by atoms with Crippen LogP contribution in [0.2, 0.25) is 0 Å². The summed E-state index contributed by atoms with van der Waals surface area (Å²) in [5.74, 6) is 0.328. The van der Waals surface area contributed by atoms with Crippen molar-refractivity contribution in [2.45, 2.75) is 62.6 Å². The van der Waals surface area contributed by atoms with Crippen LogP contribution in [0.4, 0.5) is 14.9 Å². The van der Waals surface area contributed by atoms with Gasteiger partial charge in [0, 0.05) is 50.2 Å². The number of halogens is 1. The highest BCUT2D eigenvalue weighted by atomic mass is 19.1. The molecule has 8 nitrogen and oxygen atoms in total. The number of amides is 3. The van der Waals surface area contributed by atoms with Crippen molar-refractivity contribution in [1.29, 1.82) is 0 Å².